The van der Waals surface area contributed by atoms with Gasteiger partial charge in [-0.1, -0.05) is 0 Å². The Labute approximate surface area is 63.9 Å². The fourth-order valence-electron chi connectivity index (χ4n) is 0.449. The Morgan fingerprint density at radius 1 is 1.27 bits per heavy atom. The number of hydrogen-bond acceptors (Lipinski definition) is 4. The third kappa shape index (κ3) is 3.20. The Bertz CT molecular complexity index is 233. The Morgan fingerprint density at radius 3 is 2.36 bits per heavy atom. The molecule has 2 rings (SSSR count). The third-order valence-electron chi connectivity index (χ3n) is 0.903. The van der Waals surface area contributed by atoms with Crippen LogP contribution in [-0.4, -0.2) is 9.97 Å². The minimum Gasteiger partial charge on any atom is -0.452 e. The van der Waals surface area contributed by atoms with Crippen molar-refractivity contribution in [1.29, 1.82) is 0 Å². The summed E-state index contributed by atoms with van der Waals surface area (Å²) in [5.74, 6) is 0. The molecule has 0 amide bonds. The molecule has 11 heavy (non-hydrogen) atoms. The van der Waals surface area contributed by atoms with E-state index < -0.39 is 0 Å². The smallest absolute Gasteiger partial charge is 0.180 e. The van der Waals surface area contributed by atoms with Crippen LogP contribution in [0.3, 0.4) is 0 Å². The van der Waals surface area contributed by atoms with E-state index in [0.29, 0.717) is 0 Å². The minimum atomic E-state index is 0.926. The van der Waals surface area contributed by atoms with Crippen LogP contribution in [0.15, 0.2) is 40.3 Å². The zero-order valence-electron chi connectivity index (χ0n) is 6.10. The van der Waals surface area contributed by atoms with Crippen LogP contribution >= 0.6 is 0 Å². The molecule has 0 aromatic carbocycles. The molecule has 2 aromatic heterocycles. The predicted octanol–water partition coefficient (Wildman–Crippen LogP) is 1.66. The van der Waals surface area contributed by atoms with E-state index in [4.69, 9.17) is 0 Å². The van der Waals surface area contributed by atoms with Crippen molar-refractivity contribution >= 4 is 0 Å². The number of nitrogens with zero attached hydrogens (tertiary/aromatic N) is 2. The summed E-state index contributed by atoms with van der Waals surface area (Å²) in [6.07, 6.45) is 7.48. The van der Waals surface area contributed by atoms with Gasteiger partial charge in [0.1, 0.15) is 12.5 Å². The second-order valence-corrected chi connectivity index (χ2v) is 1.81. The summed E-state index contributed by atoms with van der Waals surface area (Å²) in [6, 6.07) is 0. The van der Waals surface area contributed by atoms with E-state index in [1.165, 1.54) is 19.1 Å². The lowest BCUT2D eigenvalue weighted by molar-refractivity contribution is 0.557. The molecule has 0 atom stereocenters. The molecule has 0 fully saturated rings. The first-order chi connectivity index (χ1) is 5.39. The van der Waals surface area contributed by atoms with E-state index >= 15 is 0 Å². The fourth-order valence-corrected chi connectivity index (χ4v) is 0.449. The summed E-state index contributed by atoms with van der Waals surface area (Å²) in [6.45, 7) is 1.88. The van der Waals surface area contributed by atoms with Crippen molar-refractivity contribution in [2.45, 2.75) is 6.92 Å². The van der Waals surface area contributed by atoms with Gasteiger partial charge in [-0.05, 0) is 6.92 Å². The van der Waals surface area contributed by atoms with E-state index in [-0.39, 0.29) is 0 Å². The summed E-state index contributed by atoms with van der Waals surface area (Å²) >= 11 is 0. The number of aryl methyl sites for hydroxylation is 1. The normalized spacial score (nSPS) is 8.45. The maximum absolute atomic E-state index is 4.60. The second kappa shape index (κ2) is 4.27. The van der Waals surface area contributed by atoms with Gasteiger partial charge in [0.15, 0.2) is 12.8 Å². The topological polar surface area (TPSA) is 52.1 Å². The molecule has 0 bridgehead atoms. The predicted molar refractivity (Wildman–Crippen MR) is 37.7 cm³/mol. The van der Waals surface area contributed by atoms with Crippen LogP contribution in [0.2, 0.25) is 0 Å². The van der Waals surface area contributed by atoms with Crippen molar-refractivity contribution in [3.63, 3.8) is 0 Å². The molecule has 58 valence electrons. The van der Waals surface area contributed by atoms with Crippen molar-refractivity contribution in [2.24, 2.45) is 0 Å². The van der Waals surface area contributed by atoms with Crippen LogP contribution in [0.1, 0.15) is 5.69 Å². The van der Waals surface area contributed by atoms with E-state index in [2.05, 4.69) is 18.8 Å². The highest BCUT2D eigenvalue weighted by atomic mass is 16.3. The van der Waals surface area contributed by atoms with E-state index in [0.717, 1.165) is 5.69 Å². The van der Waals surface area contributed by atoms with Crippen LogP contribution in [0.25, 0.3) is 0 Å². The van der Waals surface area contributed by atoms with Crippen LogP contribution < -0.4 is 0 Å². The fraction of sp³-hybridized carbons (Fsp3) is 0.143. The summed E-state index contributed by atoms with van der Waals surface area (Å²) in [4.78, 5) is 7.31. The molecule has 0 aliphatic rings. The summed E-state index contributed by atoms with van der Waals surface area (Å²) < 4.78 is 9.08. The van der Waals surface area contributed by atoms with Gasteiger partial charge in [-0.2, -0.15) is 0 Å². The Morgan fingerprint density at radius 2 is 2.18 bits per heavy atom. The van der Waals surface area contributed by atoms with Crippen LogP contribution in [0, 0.1) is 6.92 Å². The molecule has 2 heterocycles. The highest BCUT2D eigenvalue weighted by Gasteiger charge is 1.77. The van der Waals surface area contributed by atoms with Gasteiger partial charge in [0, 0.05) is 0 Å². The molecule has 0 spiro atoms. The highest BCUT2D eigenvalue weighted by molar-refractivity contribution is 4.83. The Kier molecular flexibility index (Phi) is 2.92. The number of oxazole rings is 2. The molecule has 4 heteroatoms. The maximum atomic E-state index is 4.60. The summed E-state index contributed by atoms with van der Waals surface area (Å²) in [5, 5.41) is 0. The van der Waals surface area contributed by atoms with Gasteiger partial charge in [-0.3, -0.25) is 0 Å². The van der Waals surface area contributed by atoms with Gasteiger partial charge < -0.3 is 8.83 Å². The standard InChI is InChI=1S/C4H5NO.C3H3NO/c1-4-2-6-3-5-4;1-2-5-3-4-1/h2-3H,1H3;1-3H. The van der Waals surface area contributed by atoms with Gasteiger partial charge >= 0.3 is 0 Å². The molecule has 0 radical (unpaired) electrons. The van der Waals surface area contributed by atoms with Gasteiger partial charge in [-0.25, -0.2) is 9.97 Å². The minimum absolute atomic E-state index is 0.926. The van der Waals surface area contributed by atoms with Gasteiger partial charge in [0.2, 0.25) is 0 Å². The quantitative estimate of drug-likeness (QED) is 0.576. The molecular formula is C7H8N2O2. The van der Waals surface area contributed by atoms with Crippen molar-refractivity contribution in [1.82, 2.24) is 9.97 Å². The second-order valence-electron chi connectivity index (χ2n) is 1.81. The molecule has 0 N–H and O–H groups in total. The lowest BCUT2D eigenvalue weighted by atomic mass is 10.6. The van der Waals surface area contributed by atoms with Crippen molar-refractivity contribution in [3.05, 3.63) is 37.2 Å². The zero-order valence-corrected chi connectivity index (χ0v) is 6.10. The molecule has 2 aromatic rings. The molecule has 0 saturated carbocycles. The van der Waals surface area contributed by atoms with Gasteiger partial charge in [0.25, 0.3) is 0 Å². The molecule has 0 unspecified atom stereocenters. The first kappa shape index (κ1) is 7.53. The van der Waals surface area contributed by atoms with E-state index in [9.17, 15) is 0 Å². The molecule has 0 aliphatic carbocycles. The van der Waals surface area contributed by atoms with E-state index in [1.807, 2.05) is 6.92 Å². The molecule has 4 nitrogen and oxygen atoms in total. The summed E-state index contributed by atoms with van der Waals surface area (Å²) in [5.41, 5.74) is 0.926. The third-order valence-corrected chi connectivity index (χ3v) is 0.903. The molecule has 0 aliphatic heterocycles. The van der Waals surface area contributed by atoms with Crippen molar-refractivity contribution in [3.8, 4) is 0 Å². The van der Waals surface area contributed by atoms with Crippen LogP contribution in [-0.2, 0) is 0 Å². The van der Waals surface area contributed by atoms with E-state index in [1.54, 1.807) is 12.5 Å². The maximum Gasteiger partial charge on any atom is 0.180 e. The first-order valence-corrected chi connectivity index (χ1v) is 3.06. The summed E-state index contributed by atoms with van der Waals surface area (Å²) in [7, 11) is 0. The molecular weight excluding hydrogens is 144 g/mol. The SMILES string of the molecule is Cc1cocn1.c1cocn1. The Balaban J connectivity index is 0.000000112. The van der Waals surface area contributed by atoms with Gasteiger partial charge in [-0.15, -0.1) is 0 Å². The number of rotatable bonds is 0. The monoisotopic (exact) mass is 152 g/mol. The number of hydrogen-bond donors (Lipinski definition) is 0. The Hall–Kier alpha value is -1.58. The highest BCUT2D eigenvalue weighted by Crippen LogP contribution is 1.86. The van der Waals surface area contributed by atoms with Gasteiger partial charge in [0.05, 0.1) is 11.9 Å². The average Bonchev–Trinajstić information content (AvgIpc) is 2.57. The van der Waals surface area contributed by atoms with Crippen molar-refractivity contribution in [2.75, 3.05) is 0 Å². The number of aromatic nitrogens is 2. The van der Waals surface area contributed by atoms with Crippen molar-refractivity contribution < 1.29 is 8.83 Å². The molecule has 0 saturated heterocycles. The lowest BCUT2D eigenvalue weighted by Crippen LogP contribution is -1.59. The largest absolute Gasteiger partial charge is 0.452 e. The van der Waals surface area contributed by atoms with Crippen LogP contribution in [0.5, 0.6) is 0 Å². The lowest BCUT2D eigenvalue weighted by Gasteiger charge is -1.62. The van der Waals surface area contributed by atoms with Crippen LogP contribution in [0.4, 0.5) is 0 Å². The first-order valence-electron chi connectivity index (χ1n) is 3.06. The zero-order chi connectivity index (χ0) is 7.94. The average molecular weight is 152 g/mol.